The van der Waals surface area contributed by atoms with Crippen LogP contribution in [-0.4, -0.2) is 9.05 Å². The third kappa shape index (κ3) is 153. The average molecular weight is 219 g/mol. The van der Waals surface area contributed by atoms with Crippen molar-refractivity contribution in [3.05, 3.63) is 0 Å². The molecule has 2 radical (unpaired) electrons. The molecule has 4 nitrogen and oxygen atoms in total. The van der Waals surface area contributed by atoms with Crippen LogP contribution in [0.25, 0.3) is 0 Å². The Balaban J connectivity index is -0.0000000800. The van der Waals surface area contributed by atoms with E-state index in [0.717, 1.165) is 0 Å². The molecule has 0 spiro atoms. The van der Waals surface area contributed by atoms with E-state index in [1.165, 1.54) is 0 Å². The van der Waals surface area contributed by atoms with Gasteiger partial charge in [0.1, 0.15) is 0 Å². The van der Waals surface area contributed by atoms with E-state index in [4.69, 9.17) is 19.2 Å². The standard InChI is InChI=1S/2Cu.O4Si/c;;1-5(2,3)4/q2*+2;-4. The van der Waals surface area contributed by atoms with Crippen LogP contribution < -0.4 is 19.2 Å². The van der Waals surface area contributed by atoms with Gasteiger partial charge in [-0.2, -0.15) is 0 Å². The summed E-state index contributed by atoms with van der Waals surface area (Å²) in [4.78, 5) is 34.3. The summed E-state index contributed by atoms with van der Waals surface area (Å²) in [5.74, 6) is 0. The van der Waals surface area contributed by atoms with Crippen LogP contribution in [0.5, 0.6) is 0 Å². The zero-order valence-corrected chi connectivity index (χ0v) is 5.62. The van der Waals surface area contributed by atoms with Gasteiger partial charge in [-0.25, -0.2) is 0 Å². The Morgan fingerprint density at radius 1 is 0.714 bits per heavy atom. The van der Waals surface area contributed by atoms with Gasteiger partial charge in [-0.3, -0.25) is 0 Å². The molecule has 7 heteroatoms. The van der Waals surface area contributed by atoms with Crippen LogP contribution in [0.1, 0.15) is 0 Å². The van der Waals surface area contributed by atoms with Gasteiger partial charge < -0.3 is 28.2 Å². The monoisotopic (exact) mass is 218 g/mol. The molecule has 0 aliphatic rings. The Morgan fingerprint density at radius 2 is 0.714 bits per heavy atom. The smallest absolute Gasteiger partial charge is 0.894 e. The minimum Gasteiger partial charge on any atom is -0.894 e. The van der Waals surface area contributed by atoms with Gasteiger partial charge in [0.2, 0.25) is 0 Å². The molecule has 0 atom stereocenters. The van der Waals surface area contributed by atoms with E-state index in [2.05, 4.69) is 0 Å². The van der Waals surface area contributed by atoms with Crippen molar-refractivity contribution < 1.29 is 53.3 Å². The van der Waals surface area contributed by atoms with E-state index >= 15 is 0 Å². The topological polar surface area (TPSA) is 92.2 Å². The minimum absolute atomic E-state index is 0. The van der Waals surface area contributed by atoms with Crippen molar-refractivity contribution in [1.29, 1.82) is 0 Å². The predicted molar refractivity (Wildman–Crippen MR) is 5.75 cm³/mol. The molecule has 0 saturated carbocycles. The quantitative estimate of drug-likeness (QED) is 0.381. The van der Waals surface area contributed by atoms with Gasteiger partial charge in [0.05, 0.1) is 0 Å². The average Bonchev–Trinajstić information content (AvgIpc) is 0.722. The van der Waals surface area contributed by atoms with Gasteiger partial charge >= 0.3 is 34.1 Å². The molecule has 0 aliphatic heterocycles. The number of hydrogen-bond acceptors (Lipinski definition) is 4. The Labute approximate surface area is 62.6 Å². The fourth-order valence-electron chi connectivity index (χ4n) is 0. The van der Waals surface area contributed by atoms with Crippen LogP contribution in [0, 0.1) is 0 Å². The van der Waals surface area contributed by atoms with E-state index in [1.54, 1.807) is 0 Å². The maximum absolute atomic E-state index is 8.58. The van der Waals surface area contributed by atoms with Gasteiger partial charge in [0, 0.05) is 0 Å². The molecule has 0 fully saturated rings. The van der Waals surface area contributed by atoms with Crippen molar-refractivity contribution >= 4 is 9.05 Å². The molecule has 0 bridgehead atoms. The first-order chi connectivity index (χ1) is 2.00. The Kier molecular flexibility index (Phi) is 11.7. The van der Waals surface area contributed by atoms with Crippen LogP contribution in [-0.2, 0) is 34.1 Å². The Bertz CT molecular complexity index is 25.2. The minimum atomic E-state index is -5.61. The number of hydrogen-bond donors (Lipinski definition) is 0. The van der Waals surface area contributed by atoms with Crippen molar-refractivity contribution in [2.45, 2.75) is 0 Å². The first-order valence-corrected chi connectivity index (χ1v) is 2.45. The molecule has 0 heterocycles. The zero-order valence-electron chi connectivity index (χ0n) is 2.74. The summed E-state index contributed by atoms with van der Waals surface area (Å²) in [5.41, 5.74) is 0. The molecule has 0 aromatic heterocycles. The summed E-state index contributed by atoms with van der Waals surface area (Å²) >= 11 is 0. The third-order valence-corrected chi connectivity index (χ3v) is 0. The van der Waals surface area contributed by atoms with Crippen molar-refractivity contribution in [3.8, 4) is 0 Å². The van der Waals surface area contributed by atoms with E-state index < -0.39 is 9.05 Å². The van der Waals surface area contributed by atoms with Crippen LogP contribution in [0.4, 0.5) is 0 Å². The maximum Gasteiger partial charge on any atom is 2.00 e. The van der Waals surface area contributed by atoms with Gasteiger partial charge in [-0.1, -0.05) is 0 Å². The molecule has 0 saturated heterocycles. The van der Waals surface area contributed by atoms with Gasteiger partial charge in [-0.15, -0.1) is 0 Å². The summed E-state index contributed by atoms with van der Waals surface area (Å²) in [6.45, 7) is 0. The normalized spacial score (nSPS) is 8.57. The first kappa shape index (κ1) is 15.7. The summed E-state index contributed by atoms with van der Waals surface area (Å²) in [7, 11) is -5.61. The van der Waals surface area contributed by atoms with Crippen molar-refractivity contribution in [3.63, 3.8) is 0 Å². The second kappa shape index (κ2) is 5.24. The van der Waals surface area contributed by atoms with Gasteiger partial charge in [0.15, 0.2) is 0 Å². The van der Waals surface area contributed by atoms with E-state index in [-0.39, 0.29) is 34.1 Å². The summed E-state index contributed by atoms with van der Waals surface area (Å²) in [5, 5.41) is 0. The summed E-state index contributed by atoms with van der Waals surface area (Å²) < 4.78 is 0. The Hall–Kier alpha value is 1.10. The first-order valence-electron chi connectivity index (χ1n) is 0.816. The molecule has 0 unspecified atom stereocenters. The van der Waals surface area contributed by atoms with Crippen LogP contribution in [0.3, 0.4) is 0 Å². The molecule has 50 valence electrons. The fourth-order valence-corrected chi connectivity index (χ4v) is 0. The molecule has 0 aromatic rings. The molecular formula is Cu2O4Si. The molecule has 0 N–H and O–H groups in total. The van der Waals surface area contributed by atoms with E-state index in [0.29, 0.717) is 0 Å². The van der Waals surface area contributed by atoms with Gasteiger partial charge in [0.25, 0.3) is 0 Å². The predicted octanol–water partition coefficient (Wildman–Crippen LogP) is -5.14. The molecule has 0 aromatic carbocycles. The van der Waals surface area contributed by atoms with Crippen LogP contribution in [0.15, 0.2) is 0 Å². The third-order valence-electron chi connectivity index (χ3n) is 0. The largest absolute Gasteiger partial charge is 2.00 e. The van der Waals surface area contributed by atoms with E-state index in [9.17, 15) is 0 Å². The SMILES string of the molecule is [Cu+2].[Cu+2].[O-][Si]([O-])([O-])[O-]. The molecule has 7 heavy (non-hydrogen) atoms. The van der Waals surface area contributed by atoms with Crippen molar-refractivity contribution in [2.24, 2.45) is 0 Å². The van der Waals surface area contributed by atoms with Gasteiger partial charge in [-0.05, 0) is 0 Å². The fraction of sp³-hybridized carbons (Fsp3) is 0. The second-order valence-electron chi connectivity index (χ2n) is 0.500. The van der Waals surface area contributed by atoms with Crippen molar-refractivity contribution in [2.75, 3.05) is 0 Å². The van der Waals surface area contributed by atoms with Crippen LogP contribution >= 0.6 is 0 Å². The maximum atomic E-state index is 8.58. The molecular weight excluding hydrogens is 219 g/mol. The summed E-state index contributed by atoms with van der Waals surface area (Å²) in [6, 6.07) is 0. The van der Waals surface area contributed by atoms with E-state index in [1.807, 2.05) is 0 Å². The van der Waals surface area contributed by atoms with Crippen molar-refractivity contribution in [1.82, 2.24) is 0 Å². The second-order valence-corrected chi connectivity index (χ2v) is 1.50. The zero-order chi connectivity index (χ0) is 4.50. The molecule has 0 amide bonds. The van der Waals surface area contributed by atoms with Crippen LogP contribution in [0.2, 0.25) is 0 Å². The Morgan fingerprint density at radius 3 is 0.714 bits per heavy atom. The summed E-state index contributed by atoms with van der Waals surface area (Å²) in [6.07, 6.45) is 0. The molecule has 0 aliphatic carbocycles. The number of rotatable bonds is 0. The molecule has 0 rings (SSSR count).